The number of hydrogen-bond donors (Lipinski definition) is 0. The van der Waals surface area contributed by atoms with Gasteiger partial charge in [-0.2, -0.15) is 0 Å². The Morgan fingerprint density at radius 1 is 0.792 bits per heavy atom. The zero-order valence-electron chi connectivity index (χ0n) is 12.9. The maximum Gasteiger partial charge on any atom is 0.388 e. The molecule has 0 saturated carbocycles. The standard InChI is InChI=1S/C18H10N2.CH2I.2Al/c1-3-7-14-11(5-1)12-9-10-16-17(18(12)20-14)13-6-2-4-8-15(13)19-16;1-2;;/h1-10H;1H2;;/q-2;;2*+1. The Morgan fingerprint density at radius 3 is 2.29 bits per heavy atom. The number of para-hydroxylation sites is 2. The first-order valence-electron chi connectivity index (χ1n) is 7.90. The molecule has 111 valence electrons. The van der Waals surface area contributed by atoms with Crippen molar-refractivity contribution in [2.24, 2.45) is 0 Å². The highest BCUT2D eigenvalue weighted by atomic mass is 127. The highest BCUT2D eigenvalue weighted by Crippen LogP contribution is 2.38. The van der Waals surface area contributed by atoms with Crippen molar-refractivity contribution in [1.29, 1.82) is 0 Å². The maximum atomic E-state index is 2.92. The Morgan fingerprint density at radius 2 is 1.50 bits per heavy atom. The second-order valence-electron chi connectivity index (χ2n) is 5.97. The quantitative estimate of drug-likeness (QED) is 0.210. The number of rotatable bonds is 2. The van der Waals surface area contributed by atoms with Crippen LogP contribution in [0.15, 0.2) is 60.7 Å². The van der Waals surface area contributed by atoms with Crippen LogP contribution in [0.4, 0.5) is 0 Å². The van der Waals surface area contributed by atoms with Crippen LogP contribution < -0.4 is 0 Å². The lowest BCUT2D eigenvalue weighted by molar-refractivity contribution is 1.36. The number of alkyl halides is 1. The highest BCUT2D eigenvalue weighted by molar-refractivity contribution is 14.1. The van der Waals surface area contributed by atoms with Crippen molar-refractivity contribution < 1.29 is 0 Å². The predicted octanol–water partition coefficient (Wildman–Crippen LogP) is 4.69. The fraction of sp³-hybridized carbons (Fsp3) is 0.0526. The Kier molecular flexibility index (Phi) is 3.70. The molecular weight excluding hydrogens is 437 g/mol. The molecule has 0 amide bonds. The van der Waals surface area contributed by atoms with E-state index in [2.05, 4.69) is 107 Å². The van der Waals surface area contributed by atoms with Gasteiger partial charge in [-0.3, -0.25) is 0 Å². The fourth-order valence-corrected chi connectivity index (χ4v) is 6.48. The molecule has 0 saturated heterocycles. The SMILES string of the molecule is [Al][n]1c2ccccc2c2ccc3c(c4ccccc4[n]3[Al][CH2]I)c21. The molecule has 0 N–H and O–H groups in total. The summed E-state index contributed by atoms with van der Waals surface area (Å²) in [6.07, 6.45) is 0. The zero-order chi connectivity index (χ0) is 16.3. The highest BCUT2D eigenvalue weighted by Gasteiger charge is 2.16. The largest absolute Gasteiger partial charge is 0.451 e. The summed E-state index contributed by atoms with van der Waals surface area (Å²) in [5.41, 5.74) is 5.31. The molecule has 0 atom stereocenters. The zero-order valence-corrected chi connectivity index (χ0v) is 17.4. The lowest BCUT2D eigenvalue weighted by Gasteiger charge is -2.05. The Balaban J connectivity index is 2.11. The first kappa shape index (κ1) is 15.3. The Hall–Kier alpha value is -0.945. The van der Waals surface area contributed by atoms with E-state index in [9.17, 15) is 0 Å². The maximum absolute atomic E-state index is 2.92. The van der Waals surface area contributed by atoms with Crippen LogP contribution in [0.25, 0.3) is 43.6 Å². The molecule has 5 heteroatoms. The molecule has 2 nitrogen and oxygen atoms in total. The third-order valence-corrected chi connectivity index (χ3v) is 7.57. The molecule has 3 aromatic carbocycles. The van der Waals surface area contributed by atoms with Crippen molar-refractivity contribution in [3.05, 3.63) is 60.7 Å². The van der Waals surface area contributed by atoms with Crippen molar-refractivity contribution in [2.45, 2.75) is 0 Å². The van der Waals surface area contributed by atoms with Gasteiger partial charge in [0.2, 0.25) is 0 Å². The minimum absolute atomic E-state index is 0.220. The lowest BCUT2D eigenvalue weighted by Crippen LogP contribution is -2.06. The van der Waals surface area contributed by atoms with Crippen molar-refractivity contribution in [3.63, 3.8) is 0 Å². The smallest absolute Gasteiger partial charge is 0.388 e. The van der Waals surface area contributed by atoms with Crippen LogP contribution in [0.5, 0.6) is 0 Å². The van der Waals surface area contributed by atoms with Gasteiger partial charge in [0.15, 0.2) is 0 Å². The molecule has 5 aromatic rings. The molecule has 0 fully saturated rings. The minimum atomic E-state index is 0.220. The molecule has 5 rings (SSSR count). The van der Waals surface area contributed by atoms with Crippen LogP contribution in [-0.2, 0) is 0 Å². The first-order valence-corrected chi connectivity index (χ1v) is 11.3. The molecule has 0 bridgehead atoms. The first-order chi connectivity index (χ1) is 11.8. The van der Waals surface area contributed by atoms with Gasteiger partial charge >= 0.3 is 32.0 Å². The van der Waals surface area contributed by atoms with E-state index in [4.69, 9.17) is 0 Å². The van der Waals surface area contributed by atoms with Crippen LogP contribution in [0.3, 0.4) is 0 Å². The van der Waals surface area contributed by atoms with Gasteiger partial charge in [-0.1, -0.05) is 42.5 Å². The Labute approximate surface area is 168 Å². The number of aromatic nitrogens is 2. The number of hydrogen-bond acceptors (Lipinski definition) is 0. The molecule has 0 spiro atoms. The van der Waals surface area contributed by atoms with Gasteiger partial charge in [0.25, 0.3) is 0 Å². The third-order valence-electron chi connectivity index (χ3n) is 4.79. The summed E-state index contributed by atoms with van der Waals surface area (Å²) in [6.45, 7) is 0. The summed E-state index contributed by atoms with van der Waals surface area (Å²) >= 11 is 5.64. The number of halogens is 1. The molecule has 0 aliphatic carbocycles. The second kappa shape index (κ2) is 5.80. The van der Waals surface area contributed by atoms with Crippen LogP contribution in [0, 0.1) is 0 Å². The molecule has 2 aromatic heterocycles. The average Bonchev–Trinajstić information content (AvgIpc) is 3.10. The summed E-state index contributed by atoms with van der Waals surface area (Å²) in [6, 6.07) is 22.1. The molecule has 0 aliphatic rings. The van der Waals surface area contributed by atoms with Gasteiger partial charge in [0.05, 0.1) is 0 Å². The average molecular weight is 449 g/mol. The minimum Gasteiger partial charge on any atom is -0.451 e. The second-order valence-corrected chi connectivity index (χ2v) is 10.3. The van der Waals surface area contributed by atoms with Crippen LogP contribution >= 0.6 is 22.6 Å². The molecular formula is C19H12Al2IN2. The number of benzene rings is 3. The monoisotopic (exact) mass is 449 g/mol. The number of fused-ring (bicyclic) bond motifs is 7. The van der Waals surface area contributed by atoms with Gasteiger partial charge in [-0.25, -0.2) is 0 Å². The van der Waals surface area contributed by atoms with Crippen LogP contribution in [0.1, 0.15) is 0 Å². The van der Waals surface area contributed by atoms with E-state index in [1.54, 1.807) is 0 Å². The van der Waals surface area contributed by atoms with E-state index in [-0.39, 0.29) is 15.4 Å². The summed E-state index contributed by atoms with van der Waals surface area (Å²) in [4.78, 5) is 0. The van der Waals surface area contributed by atoms with Crippen molar-refractivity contribution >= 4 is 98.2 Å². The van der Waals surface area contributed by atoms with E-state index in [0.29, 0.717) is 0 Å². The van der Waals surface area contributed by atoms with Gasteiger partial charge in [0, 0.05) is 43.6 Å². The van der Waals surface area contributed by atoms with Crippen molar-refractivity contribution in [1.82, 2.24) is 7.10 Å². The lowest BCUT2D eigenvalue weighted by atomic mass is 10.1. The molecule has 0 aliphatic heterocycles. The Bertz CT molecular complexity index is 1240. The van der Waals surface area contributed by atoms with E-state index >= 15 is 0 Å². The predicted molar refractivity (Wildman–Crippen MR) is 114 cm³/mol. The van der Waals surface area contributed by atoms with Crippen LogP contribution in [0.2, 0.25) is 0 Å². The van der Waals surface area contributed by atoms with Crippen LogP contribution in [-0.4, -0.2) is 42.3 Å². The summed E-state index contributed by atoms with van der Waals surface area (Å²) in [5.74, 6) is 0. The summed E-state index contributed by atoms with van der Waals surface area (Å²) in [7, 11) is 0. The molecule has 3 radical (unpaired) electrons. The molecule has 24 heavy (non-hydrogen) atoms. The number of nitrogens with zero attached hydrogens (tertiary/aromatic N) is 2. The summed E-state index contributed by atoms with van der Waals surface area (Å²) < 4.78 is 6.01. The van der Waals surface area contributed by atoms with E-state index in [1.165, 1.54) is 46.9 Å². The fourth-order valence-electron chi connectivity index (χ4n) is 3.84. The van der Waals surface area contributed by atoms with Crippen molar-refractivity contribution in [2.75, 3.05) is 3.29 Å². The van der Waals surface area contributed by atoms with Gasteiger partial charge in [-0.15, -0.1) is 22.6 Å². The van der Waals surface area contributed by atoms with E-state index in [1.807, 2.05) is 0 Å². The summed E-state index contributed by atoms with van der Waals surface area (Å²) in [5, 5.41) is 5.40. The van der Waals surface area contributed by atoms with Gasteiger partial charge in [-0.05, 0) is 21.5 Å². The van der Waals surface area contributed by atoms with Gasteiger partial charge in [0.1, 0.15) is 0 Å². The topological polar surface area (TPSA) is 9.86 Å². The van der Waals surface area contributed by atoms with E-state index in [0.717, 1.165) is 0 Å². The van der Waals surface area contributed by atoms with Gasteiger partial charge < -0.3 is 7.10 Å². The normalized spacial score (nSPS) is 11.9. The molecule has 2 heterocycles. The third kappa shape index (κ3) is 2.00. The van der Waals surface area contributed by atoms with E-state index < -0.39 is 0 Å². The molecule has 0 unspecified atom stereocenters. The van der Waals surface area contributed by atoms with Crippen molar-refractivity contribution in [3.8, 4) is 0 Å².